The summed E-state index contributed by atoms with van der Waals surface area (Å²) in [5, 5.41) is 10.3. The van der Waals surface area contributed by atoms with Crippen molar-refractivity contribution >= 4 is 17.5 Å². The lowest BCUT2D eigenvalue weighted by atomic mass is 10.2. The Balaban J connectivity index is 1.65. The van der Waals surface area contributed by atoms with Crippen molar-refractivity contribution in [3.05, 3.63) is 64.5 Å². The van der Waals surface area contributed by atoms with Crippen LogP contribution >= 0.6 is 11.6 Å². The highest BCUT2D eigenvalue weighted by molar-refractivity contribution is 6.30. The predicted molar refractivity (Wildman–Crippen MR) is 83.6 cm³/mol. The molecule has 6 heteroatoms. The molecule has 22 heavy (non-hydrogen) atoms. The fourth-order valence-electron chi connectivity index (χ4n) is 2.02. The molecule has 0 spiro atoms. The molecular formula is C16H14ClN3O2. The van der Waals surface area contributed by atoms with E-state index in [1.165, 1.54) is 0 Å². The molecule has 2 heterocycles. The van der Waals surface area contributed by atoms with E-state index in [-0.39, 0.29) is 5.91 Å². The number of furan rings is 1. The number of aryl methyl sites for hydroxylation is 1. The van der Waals surface area contributed by atoms with Gasteiger partial charge in [-0.2, -0.15) is 5.10 Å². The molecular weight excluding hydrogens is 302 g/mol. The first-order valence-corrected chi connectivity index (χ1v) is 7.14. The normalized spacial score (nSPS) is 10.6. The topological polar surface area (TPSA) is 70.9 Å². The number of benzene rings is 1. The van der Waals surface area contributed by atoms with Gasteiger partial charge in [0.25, 0.3) is 5.91 Å². The van der Waals surface area contributed by atoms with Crippen LogP contribution < -0.4 is 5.32 Å². The standard InChI is InChI=1S/C16H14ClN3O2/c1-10-2-7-15(22-10)13-8-14(20-19-13)16(21)18-9-11-3-5-12(17)6-4-11/h2-8H,9H2,1H3,(H,18,21)(H,19,20). The Bertz CT molecular complexity index is 790. The minimum atomic E-state index is -0.249. The molecule has 3 rings (SSSR count). The van der Waals surface area contributed by atoms with Gasteiger partial charge in [0.15, 0.2) is 11.5 Å². The molecule has 1 amide bonds. The van der Waals surface area contributed by atoms with E-state index in [9.17, 15) is 4.79 Å². The molecule has 0 aliphatic carbocycles. The summed E-state index contributed by atoms with van der Waals surface area (Å²) >= 11 is 5.82. The lowest BCUT2D eigenvalue weighted by Crippen LogP contribution is -2.23. The zero-order chi connectivity index (χ0) is 15.5. The van der Waals surface area contributed by atoms with Crippen molar-refractivity contribution in [1.82, 2.24) is 15.5 Å². The van der Waals surface area contributed by atoms with Gasteiger partial charge in [-0.15, -0.1) is 0 Å². The number of nitrogens with one attached hydrogen (secondary N) is 2. The van der Waals surface area contributed by atoms with Crippen LogP contribution in [0.2, 0.25) is 5.02 Å². The lowest BCUT2D eigenvalue weighted by Gasteiger charge is -2.03. The highest BCUT2D eigenvalue weighted by Gasteiger charge is 2.12. The molecule has 3 aromatic rings. The van der Waals surface area contributed by atoms with Crippen LogP contribution in [-0.2, 0) is 6.54 Å². The van der Waals surface area contributed by atoms with Crippen LogP contribution in [0.1, 0.15) is 21.8 Å². The van der Waals surface area contributed by atoms with Crippen LogP contribution in [0.25, 0.3) is 11.5 Å². The monoisotopic (exact) mass is 315 g/mol. The molecule has 0 bridgehead atoms. The molecule has 0 aliphatic heterocycles. The number of carbonyl (C=O) groups excluding carboxylic acids is 1. The maximum absolute atomic E-state index is 12.1. The molecule has 0 saturated heterocycles. The van der Waals surface area contributed by atoms with E-state index in [0.717, 1.165) is 11.3 Å². The average molecular weight is 316 g/mol. The minimum absolute atomic E-state index is 0.249. The minimum Gasteiger partial charge on any atom is -0.460 e. The number of hydrogen-bond acceptors (Lipinski definition) is 3. The van der Waals surface area contributed by atoms with E-state index in [0.29, 0.717) is 28.7 Å². The molecule has 0 saturated carbocycles. The zero-order valence-corrected chi connectivity index (χ0v) is 12.6. The third-order valence-electron chi connectivity index (χ3n) is 3.18. The number of aromatic nitrogens is 2. The van der Waals surface area contributed by atoms with E-state index in [4.69, 9.17) is 16.0 Å². The first kappa shape index (κ1) is 14.4. The molecule has 1 aromatic carbocycles. The summed E-state index contributed by atoms with van der Waals surface area (Å²) < 4.78 is 5.49. The number of rotatable bonds is 4. The quantitative estimate of drug-likeness (QED) is 0.773. The van der Waals surface area contributed by atoms with Crippen LogP contribution in [0.4, 0.5) is 0 Å². The van der Waals surface area contributed by atoms with E-state index >= 15 is 0 Å². The maximum Gasteiger partial charge on any atom is 0.272 e. The van der Waals surface area contributed by atoms with E-state index < -0.39 is 0 Å². The number of H-pyrrole nitrogens is 1. The Kier molecular flexibility index (Phi) is 3.98. The number of nitrogens with zero attached hydrogens (tertiary/aromatic N) is 1. The van der Waals surface area contributed by atoms with Gasteiger partial charge in [-0.3, -0.25) is 9.89 Å². The van der Waals surface area contributed by atoms with Gasteiger partial charge in [-0.05, 0) is 36.8 Å². The summed E-state index contributed by atoms with van der Waals surface area (Å²) in [6.07, 6.45) is 0. The van der Waals surface area contributed by atoms with E-state index in [2.05, 4.69) is 15.5 Å². The Morgan fingerprint density at radius 2 is 2.05 bits per heavy atom. The Hall–Kier alpha value is -2.53. The highest BCUT2D eigenvalue weighted by atomic mass is 35.5. The molecule has 0 unspecified atom stereocenters. The SMILES string of the molecule is Cc1ccc(-c2cc(C(=O)NCc3ccc(Cl)cc3)n[nH]2)o1. The van der Waals surface area contributed by atoms with Crippen molar-refractivity contribution < 1.29 is 9.21 Å². The Morgan fingerprint density at radius 3 is 2.73 bits per heavy atom. The van der Waals surface area contributed by atoms with Crippen molar-refractivity contribution in [2.75, 3.05) is 0 Å². The highest BCUT2D eigenvalue weighted by Crippen LogP contribution is 2.20. The zero-order valence-electron chi connectivity index (χ0n) is 11.9. The van der Waals surface area contributed by atoms with Gasteiger partial charge >= 0.3 is 0 Å². The van der Waals surface area contributed by atoms with Crippen LogP contribution in [0, 0.1) is 6.92 Å². The molecule has 0 radical (unpaired) electrons. The lowest BCUT2D eigenvalue weighted by molar-refractivity contribution is 0.0946. The smallest absolute Gasteiger partial charge is 0.272 e. The van der Waals surface area contributed by atoms with Crippen molar-refractivity contribution in [3.63, 3.8) is 0 Å². The van der Waals surface area contributed by atoms with Crippen LogP contribution in [0.3, 0.4) is 0 Å². The first-order valence-electron chi connectivity index (χ1n) is 6.77. The fourth-order valence-corrected chi connectivity index (χ4v) is 2.14. The summed E-state index contributed by atoms with van der Waals surface area (Å²) in [5.41, 5.74) is 1.96. The molecule has 5 nitrogen and oxygen atoms in total. The third kappa shape index (κ3) is 3.20. The molecule has 0 aliphatic rings. The number of aromatic amines is 1. The molecule has 2 N–H and O–H groups in total. The molecule has 0 fully saturated rings. The van der Waals surface area contributed by atoms with Crippen molar-refractivity contribution in [1.29, 1.82) is 0 Å². The van der Waals surface area contributed by atoms with Crippen LogP contribution in [0.5, 0.6) is 0 Å². The summed E-state index contributed by atoms with van der Waals surface area (Å²) in [6, 6.07) is 12.7. The molecule has 0 atom stereocenters. The summed E-state index contributed by atoms with van der Waals surface area (Å²) in [4.78, 5) is 12.1. The second-order valence-electron chi connectivity index (χ2n) is 4.89. The van der Waals surface area contributed by atoms with Gasteiger partial charge in [0.2, 0.25) is 0 Å². The average Bonchev–Trinajstić information content (AvgIpc) is 3.15. The number of halogens is 1. The van der Waals surface area contributed by atoms with Gasteiger partial charge < -0.3 is 9.73 Å². The van der Waals surface area contributed by atoms with E-state index in [1.807, 2.05) is 31.2 Å². The van der Waals surface area contributed by atoms with Gasteiger partial charge in [0, 0.05) is 17.6 Å². The Morgan fingerprint density at radius 1 is 1.27 bits per heavy atom. The summed E-state index contributed by atoms with van der Waals surface area (Å²) in [5.74, 6) is 1.21. The van der Waals surface area contributed by atoms with Crippen molar-refractivity contribution in [2.45, 2.75) is 13.5 Å². The van der Waals surface area contributed by atoms with Gasteiger partial charge in [-0.25, -0.2) is 0 Å². The molecule has 2 aromatic heterocycles. The number of carbonyl (C=O) groups is 1. The van der Waals surface area contributed by atoms with Crippen molar-refractivity contribution in [2.24, 2.45) is 0 Å². The fraction of sp³-hybridized carbons (Fsp3) is 0.125. The van der Waals surface area contributed by atoms with Gasteiger partial charge in [0.1, 0.15) is 11.5 Å². The van der Waals surface area contributed by atoms with Gasteiger partial charge in [-0.1, -0.05) is 23.7 Å². The number of hydrogen-bond donors (Lipinski definition) is 2. The van der Waals surface area contributed by atoms with Crippen LogP contribution in [-0.4, -0.2) is 16.1 Å². The predicted octanol–water partition coefficient (Wildman–Crippen LogP) is 3.56. The van der Waals surface area contributed by atoms with E-state index in [1.54, 1.807) is 18.2 Å². The maximum atomic E-state index is 12.1. The summed E-state index contributed by atoms with van der Waals surface area (Å²) in [7, 11) is 0. The third-order valence-corrected chi connectivity index (χ3v) is 3.43. The summed E-state index contributed by atoms with van der Waals surface area (Å²) in [6.45, 7) is 2.28. The second kappa shape index (κ2) is 6.07. The number of amides is 1. The second-order valence-corrected chi connectivity index (χ2v) is 5.32. The molecule has 112 valence electrons. The van der Waals surface area contributed by atoms with Crippen LogP contribution in [0.15, 0.2) is 46.9 Å². The largest absolute Gasteiger partial charge is 0.460 e. The van der Waals surface area contributed by atoms with Crippen molar-refractivity contribution in [3.8, 4) is 11.5 Å². The Labute approximate surface area is 132 Å². The van der Waals surface area contributed by atoms with Gasteiger partial charge in [0.05, 0.1) is 0 Å². The first-order chi connectivity index (χ1) is 10.6.